The lowest BCUT2D eigenvalue weighted by Gasteiger charge is -2.38. The summed E-state index contributed by atoms with van der Waals surface area (Å²) < 4.78 is 0. The minimum atomic E-state index is 0.764. The van der Waals surface area contributed by atoms with E-state index in [1.807, 2.05) is 0 Å². The topological polar surface area (TPSA) is 15.3 Å². The van der Waals surface area contributed by atoms with Crippen molar-refractivity contribution in [2.24, 2.45) is 0 Å². The zero-order valence-electron chi connectivity index (χ0n) is 10.4. The molecule has 0 unspecified atom stereocenters. The summed E-state index contributed by atoms with van der Waals surface area (Å²) in [4.78, 5) is 2.51. The number of para-hydroxylation sites is 1. The van der Waals surface area contributed by atoms with Crippen molar-refractivity contribution in [3.63, 3.8) is 0 Å². The Balaban J connectivity index is 1.50. The first-order valence-electron chi connectivity index (χ1n) is 6.98. The van der Waals surface area contributed by atoms with E-state index in [9.17, 15) is 0 Å². The van der Waals surface area contributed by atoms with Crippen LogP contribution in [0.4, 0.5) is 5.69 Å². The maximum atomic E-state index is 3.80. The van der Waals surface area contributed by atoms with E-state index in [1.165, 1.54) is 50.9 Å². The molecule has 0 bridgehead atoms. The van der Waals surface area contributed by atoms with Crippen LogP contribution in [0, 0.1) is 0 Å². The molecular formula is C15H22N2. The summed E-state index contributed by atoms with van der Waals surface area (Å²) in [6.07, 6.45) is 6.83. The molecule has 0 spiro atoms. The summed E-state index contributed by atoms with van der Waals surface area (Å²) in [7, 11) is 0. The van der Waals surface area contributed by atoms with Gasteiger partial charge in [-0.2, -0.15) is 0 Å². The average molecular weight is 230 g/mol. The van der Waals surface area contributed by atoms with Crippen LogP contribution in [0.1, 0.15) is 32.1 Å². The van der Waals surface area contributed by atoms with Crippen molar-refractivity contribution in [1.82, 2.24) is 5.32 Å². The van der Waals surface area contributed by atoms with Gasteiger partial charge in [-0.25, -0.2) is 0 Å². The quantitative estimate of drug-likeness (QED) is 0.859. The van der Waals surface area contributed by atoms with Crippen molar-refractivity contribution in [1.29, 1.82) is 0 Å². The second-order valence-corrected chi connectivity index (χ2v) is 5.39. The molecule has 1 saturated carbocycles. The maximum absolute atomic E-state index is 3.80. The number of benzene rings is 1. The van der Waals surface area contributed by atoms with Crippen molar-refractivity contribution in [3.8, 4) is 0 Å². The van der Waals surface area contributed by atoms with Crippen LogP contribution in [0.5, 0.6) is 0 Å². The van der Waals surface area contributed by atoms with Crippen molar-refractivity contribution >= 4 is 5.69 Å². The summed E-state index contributed by atoms with van der Waals surface area (Å²) in [6, 6.07) is 12.4. The van der Waals surface area contributed by atoms with E-state index in [4.69, 9.17) is 0 Å². The predicted molar refractivity (Wildman–Crippen MR) is 72.5 cm³/mol. The number of rotatable bonds is 3. The molecule has 2 aliphatic rings. The molecule has 2 heteroatoms. The van der Waals surface area contributed by atoms with Crippen LogP contribution >= 0.6 is 0 Å². The molecule has 1 aliphatic carbocycles. The van der Waals surface area contributed by atoms with Gasteiger partial charge in [0.05, 0.1) is 0 Å². The highest BCUT2D eigenvalue weighted by Crippen LogP contribution is 2.23. The van der Waals surface area contributed by atoms with Gasteiger partial charge in [0.2, 0.25) is 0 Å². The Labute approximate surface area is 104 Å². The van der Waals surface area contributed by atoms with Crippen molar-refractivity contribution in [2.45, 2.75) is 44.2 Å². The zero-order chi connectivity index (χ0) is 11.5. The second-order valence-electron chi connectivity index (χ2n) is 5.39. The van der Waals surface area contributed by atoms with Crippen molar-refractivity contribution < 1.29 is 0 Å². The number of piperidine rings is 1. The van der Waals surface area contributed by atoms with E-state index < -0.39 is 0 Å². The Kier molecular flexibility index (Phi) is 3.32. The fraction of sp³-hybridized carbons (Fsp3) is 0.600. The van der Waals surface area contributed by atoms with E-state index in [-0.39, 0.29) is 0 Å². The molecule has 3 rings (SSSR count). The van der Waals surface area contributed by atoms with Crippen molar-refractivity contribution in [3.05, 3.63) is 30.3 Å². The minimum Gasteiger partial charge on any atom is -0.371 e. The lowest BCUT2D eigenvalue weighted by Crippen LogP contribution is -2.48. The molecule has 1 heterocycles. The minimum absolute atomic E-state index is 0.764. The fourth-order valence-corrected chi connectivity index (χ4v) is 2.85. The molecular weight excluding hydrogens is 208 g/mol. The summed E-state index contributed by atoms with van der Waals surface area (Å²) in [5, 5.41) is 3.80. The van der Waals surface area contributed by atoms with Gasteiger partial charge in [0.1, 0.15) is 0 Å². The Hall–Kier alpha value is -1.02. The molecule has 0 aromatic heterocycles. The summed E-state index contributed by atoms with van der Waals surface area (Å²) in [5.41, 5.74) is 1.38. The van der Waals surface area contributed by atoms with Gasteiger partial charge in [-0.3, -0.25) is 0 Å². The van der Waals surface area contributed by atoms with Gasteiger partial charge < -0.3 is 10.2 Å². The molecule has 1 aliphatic heterocycles. The Morgan fingerprint density at radius 3 is 2.12 bits per heavy atom. The van der Waals surface area contributed by atoms with Gasteiger partial charge in [-0.1, -0.05) is 24.6 Å². The zero-order valence-corrected chi connectivity index (χ0v) is 10.4. The summed E-state index contributed by atoms with van der Waals surface area (Å²) in [6.45, 7) is 2.41. The largest absolute Gasteiger partial charge is 0.371 e. The van der Waals surface area contributed by atoms with Gasteiger partial charge in [-0.05, 0) is 37.8 Å². The van der Waals surface area contributed by atoms with Crippen molar-refractivity contribution in [2.75, 3.05) is 18.0 Å². The van der Waals surface area contributed by atoms with Crippen LogP contribution in [0.3, 0.4) is 0 Å². The lowest BCUT2D eigenvalue weighted by atomic mass is 9.91. The van der Waals surface area contributed by atoms with Crippen LogP contribution in [0.15, 0.2) is 30.3 Å². The molecule has 2 fully saturated rings. The normalized spacial score (nSPS) is 22.5. The molecule has 92 valence electrons. The first kappa shape index (κ1) is 11.1. The van der Waals surface area contributed by atoms with Crippen LogP contribution in [-0.4, -0.2) is 25.2 Å². The molecule has 1 aromatic rings. The van der Waals surface area contributed by atoms with E-state index in [0.29, 0.717) is 0 Å². The first-order chi connectivity index (χ1) is 8.42. The third-order valence-corrected chi connectivity index (χ3v) is 4.19. The Bertz CT molecular complexity index is 337. The smallest absolute Gasteiger partial charge is 0.0366 e. The van der Waals surface area contributed by atoms with Crippen LogP contribution in [0.2, 0.25) is 0 Å². The van der Waals surface area contributed by atoms with Crippen LogP contribution in [0.25, 0.3) is 0 Å². The highest BCUT2D eigenvalue weighted by Gasteiger charge is 2.24. The van der Waals surface area contributed by atoms with Gasteiger partial charge in [-0.15, -0.1) is 0 Å². The molecule has 17 heavy (non-hydrogen) atoms. The average Bonchev–Trinajstić information content (AvgIpc) is 2.36. The monoisotopic (exact) mass is 230 g/mol. The van der Waals surface area contributed by atoms with E-state index in [1.54, 1.807) is 0 Å². The summed E-state index contributed by atoms with van der Waals surface area (Å²) >= 11 is 0. The van der Waals surface area contributed by atoms with E-state index in [2.05, 4.69) is 40.5 Å². The van der Waals surface area contributed by atoms with Crippen LogP contribution < -0.4 is 10.2 Å². The van der Waals surface area contributed by atoms with Gasteiger partial charge >= 0.3 is 0 Å². The first-order valence-corrected chi connectivity index (χ1v) is 6.98. The third kappa shape index (κ3) is 2.63. The molecule has 1 saturated heterocycles. The highest BCUT2D eigenvalue weighted by atomic mass is 15.1. The standard InChI is InChI=1S/C15H22N2/c1-2-7-15(8-3-1)17-11-9-14(10-12-17)16-13-5-4-6-13/h1-3,7-8,13-14,16H,4-6,9-12H2. The van der Waals surface area contributed by atoms with Gasteiger partial charge in [0, 0.05) is 30.9 Å². The summed E-state index contributed by atoms with van der Waals surface area (Å²) in [5.74, 6) is 0. The lowest BCUT2D eigenvalue weighted by molar-refractivity contribution is 0.280. The molecule has 2 nitrogen and oxygen atoms in total. The predicted octanol–water partition coefficient (Wildman–Crippen LogP) is 2.80. The third-order valence-electron chi connectivity index (χ3n) is 4.19. The second kappa shape index (κ2) is 5.09. The number of anilines is 1. The highest BCUT2D eigenvalue weighted by molar-refractivity contribution is 5.46. The SMILES string of the molecule is c1ccc(N2CCC(NC3CCC3)CC2)cc1. The van der Waals surface area contributed by atoms with E-state index in [0.717, 1.165) is 12.1 Å². The van der Waals surface area contributed by atoms with E-state index >= 15 is 0 Å². The Morgan fingerprint density at radius 2 is 1.53 bits per heavy atom. The maximum Gasteiger partial charge on any atom is 0.0366 e. The fourth-order valence-electron chi connectivity index (χ4n) is 2.85. The molecule has 0 amide bonds. The number of nitrogens with one attached hydrogen (secondary N) is 1. The number of hydrogen-bond acceptors (Lipinski definition) is 2. The molecule has 1 N–H and O–H groups in total. The van der Waals surface area contributed by atoms with Gasteiger partial charge in [0.25, 0.3) is 0 Å². The van der Waals surface area contributed by atoms with Gasteiger partial charge in [0.15, 0.2) is 0 Å². The molecule has 1 aromatic carbocycles. The van der Waals surface area contributed by atoms with Crippen LogP contribution in [-0.2, 0) is 0 Å². The number of nitrogens with zero attached hydrogens (tertiary/aromatic N) is 1. The molecule has 0 radical (unpaired) electrons. The number of hydrogen-bond donors (Lipinski definition) is 1. The molecule has 0 atom stereocenters. The Morgan fingerprint density at radius 1 is 0.882 bits per heavy atom.